The van der Waals surface area contributed by atoms with E-state index in [2.05, 4.69) is 10.2 Å². The van der Waals surface area contributed by atoms with Gasteiger partial charge >= 0.3 is 0 Å². The Balaban J connectivity index is 2.98. The second-order valence-electron chi connectivity index (χ2n) is 2.60. The molecule has 0 aliphatic heterocycles. The number of nitrogens with two attached hydrogens (primary N) is 1. The van der Waals surface area contributed by atoms with E-state index in [1.165, 1.54) is 0 Å². The van der Waals surface area contributed by atoms with Crippen LogP contribution >= 0.6 is 0 Å². The maximum atomic E-state index is 9.41. The van der Waals surface area contributed by atoms with Crippen molar-refractivity contribution in [2.24, 2.45) is 5.73 Å². The van der Waals surface area contributed by atoms with Crippen molar-refractivity contribution in [1.29, 1.82) is 0 Å². The molecule has 0 unspecified atom stereocenters. The molecule has 5 nitrogen and oxygen atoms in total. The molecule has 0 saturated carbocycles. The highest BCUT2D eigenvalue weighted by Gasteiger charge is 2.14. The molecule has 0 aliphatic rings. The third-order valence-corrected chi connectivity index (χ3v) is 1.80. The molecule has 68 valence electrons. The lowest BCUT2D eigenvalue weighted by molar-refractivity contribution is 0.171. The van der Waals surface area contributed by atoms with Gasteiger partial charge in [-0.25, -0.2) is 0 Å². The Kier molecular flexibility index (Phi) is 2.78. The van der Waals surface area contributed by atoms with Gasteiger partial charge in [-0.3, -0.25) is 0 Å². The van der Waals surface area contributed by atoms with Gasteiger partial charge in [0, 0.05) is 13.1 Å². The Morgan fingerprint density at radius 1 is 1.58 bits per heavy atom. The summed E-state index contributed by atoms with van der Waals surface area (Å²) < 4.78 is 1.84. The lowest BCUT2D eigenvalue weighted by Gasteiger charge is -2.08. The molecule has 0 bridgehead atoms. The number of hydrogen-bond donors (Lipinski definition) is 2. The molecule has 0 spiro atoms. The first-order chi connectivity index (χ1) is 5.70. The number of aliphatic hydroxyl groups is 1. The molecule has 0 aromatic carbocycles. The summed E-state index contributed by atoms with van der Waals surface area (Å²) in [6.45, 7) is 4.76. The van der Waals surface area contributed by atoms with Crippen molar-refractivity contribution < 1.29 is 5.11 Å². The monoisotopic (exact) mass is 170 g/mol. The second kappa shape index (κ2) is 3.64. The zero-order valence-electron chi connectivity index (χ0n) is 7.36. The van der Waals surface area contributed by atoms with Gasteiger partial charge in [-0.1, -0.05) is 0 Å². The Morgan fingerprint density at radius 2 is 2.25 bits per heavy atom. The largest absolute Gasteiger partial charge is 0.384 e. The number of aromatic nitrogens is 3. The molecular weight excluding hydrogens is 156 g/mol. The highest BCUT2D eigenvalue weighted by atomic mass is 16.3. The first-order valence-corrected chi connectivity index (χ1v) is 3.98. The lowest BCUT2D eigenvalue weighted by atomic mass is 10.3. The van der Waals surface area contributed by atoms with Crippen LogP contribution in [0, 0.1) is 6.92 Å². The fourth-order valence-electron chi connectivity index (χ4n) is 1.14. The molecule has 0 amide bonds. The first-order valence-electron chi connectivity index (χ1n) is 3.98. The molecule has 1 heterocycles. The van der Waals surface area contributed by atoms with Crippen molar-refractivity contribution in [2.45, 2.75) is 26.5 Å². The van der Waals surface area contributed by atoms with Crippen LogP contribution in [0.3, 0.4) is 0 Å². The minimum absolute atomic E-state index is 0.179. The minimum atomic E-state index is -0.703. The van der Waals surface area contributed by atoms with Crippen molar-refractivity contribution in [3.8, 4) is 0 Å². The van der Waals surface area contributed by atoms with Crippen molar-refractivity contribution in [2.75, 3.05) is 6.54 Å². The number of rotatable bonds is 3. The standard InChI is InChI=1S/C7H14N4O/c1-3-11-5(2)9-10-7(11)6(12)4-8/h6,12H,3-4,8H2,1-2H3/t6-/m0/s1. The van der Waals surface area contributed by atoms with E-state index in [0.717, 1.165) is 12.4 Å². The molecule has 1 atom stereocenters. The van der Waals surface area contributed by atoms with Crippen molar-refractivity contribution in [3.05, 3.63) is 11.6 Å². The van der Waals surface area contributed by atoms with E-state index in [1.807, 2.05) is 18.4 Å². The molecule has 0 radical (unpaired) electrons. The maximum absolute atomic E-state index is 9.41. The summed E-state index contributed by atoms with van der Waals surface area (Å²) in [4.78, 5) is 0. The van der Waals surface area contributed by atoms with E-state index < -0.39 is 6.10 Å². The summed E-state index contributed by atoms with van der Waals surface area (Å²) >= 11 is 0. The van der Waals surface area contributed by atoms with Crippen LogP contribution in [0.1, 0.15) is 24.7 Å². The zero-order valence-corrected chi connectivity index (χ0v) is 7.36. The molecule has 1 rings (SSSR count). The summed E-state index contributed by atoms with van der Waals surface area (Å²) in [5.41, 5.74) is 5.31. The predicted molar refractivity (Wildman–Crippen MR) is 44.4 cm³/mol. The van der Waals surface area contributed by atoms with Gasteiger partial charge in [0.2, 0.25) is 0 Å². The average molecular weight is 170 g/mol. The maximum Gasteiger partial charge on any atom is 0.163 e. The highest BCUT2D eigenvalue weighted by Crippen LogP contribution is 2.09. The normalized spacial score (nSPS) is 13.3. The Morgan fingerprint density at radius 3 is 2.75 bits per heavy atom. The summed E-state index contributed by atoms with van der Waals surface area (Å²) in [7, 11) is 0. The number of nitrogens with zero attached hydrogens (tertiary/aromatic N) is 3. The molecule has 3 N–H and O–H groups in total. The fraction of sp³-hybridized carbons (Fsp3) is 0.714. The summed E-state index contributed by atoms with van der Waals surface area (Å²) in [5, 5.41) is 17.1. The highest BCUT2D eigenvalue weighted by molar-refractivity contribution is 4.97. The van der Waals surface area contributed by atoms with Crippen LogP contribution in [0.15, 0.2) is 0 Å². The minimum Gasteiger partial charge on any atom is -0.384 e. The van der Waals surface area contributed by atoms with Crippen molar-refractivity contribution >= 4 is 0 Å². The van der Waals surface area contributed by atoms with E-state index in [0.29, 0.717) is 5.82 Å². The molecule has 0 saturated heterocycles. The van der Waals surface area contributed by atoms with E-state index in [9.17, 15) is 5.11 Å². The molecule has 1 aromatic rings. The second-order valence-corrected chi connectivity index (χ2v) is 2.60. The average Bonchev–Trinajstić information content (AvgIpc) is 2.45. The van der Waals surface area contributed by atoms with Crippen LogP contribution in [-0.2, 0) is 6.54 Å². The molecule has 5 heteroatoms. The van der Waals surface area contributed by atoms with Crippen LogP contribution in [-0.4, -0.2) is 26.4 Å². The molecule has 1 aromatic heterocycles. The van der Waals surface area contributed by atoms with E-state index >= 15 is 0 Å². The predicted octanol–water partition coefficient (Wildman–Crippen LogP) is -0.401. The molecule has 0 fully saturated rings. The number of hydrogen-bond acceptors (Lipinski definition) is 4. The van der Waals surface area contributed by atoms with Gasteiger partial charge in [-0.2, -0.15) is 0 Å². The van der Waals surface area contributed by atoms with Crippen LogP contribution in [0.4, 0.5) is 0 Å². The molecular formula is C7H14N4O. The van der Waals surface area contributed by atoms with Gasteiger partial charge in [-0.15, -0.1) is 10.2 Å². The third-order valence-electron chi connectivity index (χ3n) is 1.80. The van der Waals surface area contributed by atoms with Crippen LogP contribution < -0.4 is 5.73 Å². The summed E-state index contributed by atoms with van der Waals surface area (Å²) in [6, 6.07) is 0. The zero-order chi connectivity index (χ0) is 9.14. The quantitative estimate of drug-likeness (QED) is 0.647. The van der Waals surface area contributed by atoms with Crippen LogP contribution in [0.2, 0.25) is 0 Å². The fourth-order valence-corrected chi connectivity index (χ4v) is 1.14. The third kappa shape index (κ3) is 1.46. The van der Waals surface area contributed by atoms with Gasteiger partial charge in [0.15, 0.2) is 5.82 Å². The lowest BCUT2D eigenvalue weighted by Crippen LogP contribution is -2.17. The van der Waals surface area contributed by atoms with E-state index in [4.69, 9.17) is 5.73 Å². The van der Waals surface area contributed by atoms with Crippen molar-refractivity contribution in [1.82, 2.24) is 14.8 Å². The smallest absolute Gasteiger partial charge is 0.163 e. The van der Waals surface area contributed by atoms with Crippen LogP contribution in [0.25, 0.3) is 0 Å². The first kappa shape index (κ1) is 9.15. The molecule has 12 heavy (non-hydrogen) atoms. The van der Waals surface area contributed by atoms with Gasteiger partial charge in [0.05, 0.1) is 0 Å². The number of aryl methyl sites for hydroxylation is 1. The topological polar surface area (TPSA) is 77.0 Å². The van der Waals surface area contributed by atoms with Gasteiger partial charge in [0.25, 0.3) is 0 Å². The molecule has 0 aliphatic carbocycles. The van der Waals surface area contributed by atoms with E-state index in [1.54, 1.807) is 0 Å². The Hall–Kier alpha value is -0.940. The van der Waals surface area contributed by atoms with Gasteiger partial charge in [-0.05, 0) is 13.8 Å². The van der Waals surface area contributed by atoms with E-state index in [-0.39, 0.29) is 6.54 Å². The number of aliphatic hydroxyl groups excluding tert-OH is 1. The Labute approximate surface area is 71.2 Å². The Bertz CT molecular complexity index is 258. The summed E-state index contributed by atoms with van der Waals surface area (Å²) in [6.07, 6.45) is -0.703. The van der Waals surface area contributed by atoms with Gasteiger partial charge < -0.3 is 15.4 Å². The van der Waals surface area contributed by atoms with Crippen LogP contribution in [0.5, 0.6) is 0 Å². The van der Waals surface area contributed by atoms with Gasteiger partial charge in [0.1, 0.15) is 11.9 Å². The SMILES string of the molecule is CCn1c(C)nnc1[C@@H](O)CN. The summed E-state index contributed by atoms with van der Waals surface area (Å²) in [5.74, 6) is 1.36. The van der Waals surface area contributed by atoms with Crippen molar-refractivity contribution in [3.63, 3.8) is 0 Å².